The lowest BCUT2D eigenvalue weighted by atomic mass is 9.81. The molecule has 0 saturated carbocycles. The van der Waals surface area contributed by atoms with Crippen LogP contribution < -0.4 is 0 Å². The number of furan rings is 1. The zero-order valence-corrected chi connectivity index (χ0v) is 17.8. The SMILES string of the molecule is Cc1ccc(-c2ccc3c(c2)C(C)(C)c2ccc4oc5ccccc5c4c2-3)c(C=O)c1. The van der Waals surface area contributed by atoms with Crippen molar-refractivity contribution in [3.63, 3.8) is 0 Å². The molecule has 5 aromatic rings. The summed E-state index contributed by atoms with van der Waals surface area (Å²) in [7, 11) is 0. The maximum atomic E-state index is 11.7. The highest BCUT2D eigenvalue weighted by atomic mass is 16.3. The van der Waals surface area contributed by atoms with E-state index in [0.29, 0.717) is 0 Å². The fourth-order valence-corrected chi connectivity index (χ4v) is 5.25. The minimum Gasteiger partial charge on any atom is -0.456 e. The summed E-state index contributed by atoms with van der Waals surface area (Å²) in [6.45, 7) is 6.58. The molecule has 1 aromatic heterocycles. The van der Waals surface area contributed by atoms with E-state index < -0.39 is 0 Å². The normalized spacial score (nSPS) is 14.0. The van der Waals surface area contributed by atoms with Gasteiger partial charge >= 0.3 is 0 Å². The number of rotatable bonds is 2. The lowest BCUT2D eigenvalue weighted by molar-refractivity contribution is 0.112. The minimum atomic E-state index is -0.140. The van der Waals surface area contributed by atoms with Crippen molar-refractivity contribution in [2.75, 3.05) is 0 Å². The third kappa shape index (κ3) is 2.42. The van der Waals surface area contributed by atoms with Crippen LogP contribution in [0.25, 0.3) is 44.2 Å². The summed E-state index contributed by atoms with van der Waals surface area (Å²) < 4.78 is 6.16. The van der Waals surface area contributed by atoms with Crippen LogP contribution >= 0.6 is 0 Å². The van der Waals surface area contributed by atoms with Crippen molar-refractivity contribution in [1.29, 1.82) is 0 Å². The molecule has 150 valence electrons. The fourth-order valence-electron chi connectivity index (χ4n) is 5.25. The van der Waals surface area contributed by atoms with Crippen molar-refractivity contribution < 1.29 is 9.21 Å². The maximum absolute atomic E-state index is 11.7. The number of aryl methyl sites for hydroxylation is 1. The molecule has 31 heavy (non-hydrogen) atoms. The lowest BCUT2D eigenvalue weighted by Gasteiger charge is -2.22. The predicted molar refractivity (Wildman–Crippen MR) is 127 cm³/mol. The van der Waals surface area contributed by atoms with Crippen LogP contribution in [0.3, 0.4) is 0 Å². The van der Waals surface area contributed by atoms with E-state index in [9.17, 15) is 4.79 Å². The summed E-state index contributed by atoms with van der Waals surface area (Å²) in [5.74, 6) is 0. The second kappa shape index (κ2) is 6.18. The summed E-state index contributed by atoms with van der Waals surface area (Å²) in [5.41, 5.74) is 10.7. The fraction of sp³-hybridized carbons (Fsp3) is 0.138. The summed E-state index contributed by atoms with van der Waals surface area (Å²) in [4.78, 5) is 11.7. The van der Waals surface area contributed by atoms with Gasteiger partial charge in [-0.25, -0.2) is 0 Å². The Morgan fingerprint density at radius 3 is 2.45 bits per heavy atom. The molecular weight excluding hydrogens is 380 g/mol. The highest BCUT2D eigenvalue weighted by Gasteiger charge is 2.37. The number of benzene rings is 4. The minimum absolute atomic E-state index is 0.140. The van der Waals surface area contributed by atoms with Crippen molar-refractivity contribution >= 4 is 28.2 Å². The maximum Gasteiger partial charge on any atom is 0.150 e. The van der Waals surface area contributed by atoms with Crippen molar-refractivity contribution in [3.05, 3.63) is 95.1 Å². The molecule has 0 N–H and O–H groups in total. The van der Waals surface area contributed by atoms with Gasteiger partial charge in [0.25, 0.3) is 0 Å². The van der Waals surface area contributed by atoms with Crippen LogP contribution in [0.2, 0.25) is 0 Å². The number of carbonyl (C=O) groups is 1. The molecule has 0 atom stereocenters. The van der Waals surface area contributed by atoms with Gasteiger partial charge in [-0.05, 0) is 64.6 Å². The number of aldehydes is 1. The van der Waals surface area contributed by atoms with E-state index in [4.69, 9.17) is 4.42 Å². The zero-order chi connectivity index (χ0) is 21.3. The molecule has 4 aromatic carbocycles. The highest BCUT2D eigenvalue weighted by Crippen LogP contribution is 2.53. The van der Waals surface area contributed by atoms with Crippen molar-refractivity contribution in [2.24, 2.45) is 0 Å². The molecule has 1 aliphatic carbocycles. The standard InChI is InChI=1S/C29H22O2/c1-17-8-10-20(19(14-17)16-30)18-9-11-21-24(15-18)29(2,3)23-12-13-26-28(27(21)23)22-6-4-5-7-25(22)31-26/h4-16H,1-3H3. The van der Waals surface area contributed by atoms with Gasteiger partial charge in [0.15, 0.2) is 6.29 Å². The van der Waals surface area contributed by atoms with Crippen LogP contribution in [0.1, 0.15) is 40.9 Å². The average Bonchev–Trinajstić information content (AvgIpc) is 3.26. The molecule has 0 spiro atoms. The van der Waals surface area contributed by atoms with Crippen molar-refractivity contribution in [1.82, 2.24) is 0 Å². The quantitative estimate of drug-likeness (QED) is 0.283. The summed E-state index contributed by atoms with van der Waals surface area (Å²) >= 11 is 0. The average molecular weight is 402 g/mol. The first kappa shape index (κ1) is 18.1. The van der Waals surface area contributed by atoms with Crippen LogP contribution in [0, 0.1) is 6.92 Å². The molecular formula is C29H22O2. The molecule has 0 radical (unpaired) electrons. The monoisotopic (exact) mass is 402 g/mol. The Labute approximate surface area is 181 Å². The van der Waals surface area contributed by atoms with E-state index in [1.165, 1.54) is 27.6 Å². The Morgan fingerprint density at radius 1 is 0.806 bits per heavy atom. The van der Waals surface area contributed by atoms with Gasteiger partial charge in [-0.15, -0.1) is 0 Å². The molecule has 0 bridgehead atoms. The first-order valence-corrected chi connectivity index (χ1v) is 10.6. The molecule has 2 nitrogen and oxygen atoms in total. The van der Waals surface area contributed by atoms with E-state index in [-0.39, 0.29) is 5.41 Å². The Hall–Kier alpha value is -3.65. The van der Waals surface area contributed by atoms with Gasteiger partial charge in [-0.1, -0.05) is 67.9 Å². The second-order valence-corrected chi connectivity index (χ2v) is 9.05. The first-order chi connectivity index (χ1) is 15.0. The van der Waals surface area contributed by atoms with Gasteiger partial charge in [-0.3, -0.25) is 4.79 Å². The van der Waals surface area contributed by atoms with Crippen molar-refractivity contribution in [3.8, 4) is 22.3 Å². The smallest absolute Gasteiger partial charge is 0.150 e. The molecule has 1 aliphatic rings. The van der Waals surface area contributed by atoms with Crippen LogP contribution in [0.4, 0.5) is 0 Å². The number of hydrogen-bond donors (Lipinski definition) is 0. The van der Waals surface area contributed by atoms with Crippen LogP contribution in [0.15, 0.2) is 77.2 Å². The zero-order valence-electron chi connectivity index (χ0n) is 17.8. The number of fused-ring (bicyclic) bond motifs is 7. The Morgan fingerprint density at radius 2 is 1.61 bits per heavy atom. The Kier molecular flexibility index (Phi) is 3.62. The molecule has 0 amide bonds. The molecule has 2 heteroatoms. The molecule has 0 aliphatic heterocycles. The first-order valence-electron chi connectivity index (χ1n) is 10.6. The van der Waals surface area contributed by atoms with Gasteiger partial charge < -0.3 is 4.42 Å². The van der Waals surface area contributed by atoms with Crippen LogP contribution in [-0.2, 0) is 5.41 Å². The van der Waals surface area contributed by atoms with E-state index in [1.54, 1.807) is 0 Å². The molecule has 0 fully saturated rings. The number of hydrogen-bond acceptors (Lipinski definition) is 2. The third-order valence-corrected chi connectivity index (χ3v) is 6.82. The van der Waals surface area contributed by atoms with Crippen LogP contribution in [0.5, 0.6) is 0 Å². The molecule has 0 unspecified atom stereocenters. The van der Waals surface area contributed by atoms with Gasteiger partial charge in [-0.2, -0.15) is 0 Å². The van der Waals surface area contributed by atoms with E-state index >= 15 is 0 Å². The van der Waals surface area contributed by atoms with Gasteiger partial charge in [0.05, 0.1) is 0 Å². The predicted octanol–water partition coefficient (Wildman–Crippen LogP) is 7.68. The van der Waals surface area contributed by atoms with E-state index in [2.05, 4.69) is 68.4 Å². The van der Waals surface area contributed by atoms with Crippen LogP contribution in [-0.4, -0.2) is 6.29 Å². The van der Waals surface area contributed by atoms with E-state index in [0.717, 1.165) is 45.1 Å². The molecule has 1 heterocycles. The summed E-state index contributed by atoms with van der Waals surface area (Å²) in [6, 6.07) is 25.3. The van der Waals surface area contributed by atoms with Crippen molar-refractivity contribution in [2.45, 2.75) is 26.2 Å². The molecule has 0 saturated heterocycles. The van der Waals surface area contributed by atoms with Gasteiger partial charge in [0.2, 0.25) is 0 Å². The second-order valence-electron chi connectivity index (χ2n) is 9.05. The summed E-state index contributed by atoms with van der Waals surface area (Å²) in [6.07, 6.45) is 0.955. The lowest BCUT2D eigenvalue weighted by Crippen LogP contribution is -2.15. The van der Waals surface area contributed by atoms with E-state index in [1.807, 2.05) is 25.1 Å². The van der Waals surface area contributed by atoms with Gasteiger partial charge in [0, 0.05) is 21.8 Å². The molecule has 6 rings (SSSR count). The van der Waals surface area contributed by atoms with Gasteiger partial charge in [0.1, 0.15) is 11.2 Å². The Bertz CT molecular complexity index is 1530. The third-order valence-electron chi connectivity index (χ3n) is 6.82. The number of para-hydroxylation sites is 1. The topological polar surface area (TPSA) is 30.2 Å². The highest BCUT2D eigenvalue weighted by molar-refractivity contribution is 6.15. The number of carbonyl (C=O) groups excluding carboxylic acids is 1. The Balaban J connectivity index is 1.65. The summed E-state index contributed by atoms with van der Waals surface area (Å²) in [5, 5.41) is 2.35. The largest absolute Gasteiger partial charge is 0.456 e.